The Morgan fingerprint density at radius 1 is 1.28 bits per heavy atom. The third-order valence-electron chi connectivity index (χ3n) is 3.04. The maximum atomic E-state index is 3.52. The van der Waals surface area contributed by atoms with Crippen LogP contribution in [0, 0.1) is 0 Å². The van der Waals surface area contributed by atoms with Crippen LogP contribution in [0.2, 0.25) is 0 Å². The molecule has 0 fully saturated rings. The molecule has 2 rings (SSSR count). The Balaban J connectivity index is 1.75. The van der Waals surface area contributed by atoms with E-state index in [-0.39, 0.29) is 0 Å². The first-order valence-electron chi connectivity index (χ1n) is 6.22. The Morgan fingerprint density at radius 3 is 2.78 bits per heavy atom. The van der Waals surface area contributed by atoms with Crippen molar-refractivity contribution in [2.24, 2.45) is 0 Å². The quantitative estimate of drug-likeness (QED) is 0.766. The van der Waals surface area contributed by atoms with E-state index in [1.807, 2.05) is 22.7 Å². The maximum absolute atomic E-state index is 3.52. The summed E-state index contributed by atoms with van der Waals surface area (Å²) in [6.45, 7) is 0. The van der Waals surface area contributed by atoms with Crippen molar-refractivity contribution in [3.8, 4) is 0 Å². The van der Waals surface area contributed by atoms with Gasteiger partial charge in [0.05, 0.1) is 3.79 Å². The van der Waals surface area contributed by atoms with E-state index >= 15 is 0 Å². The lowest BCUT2D eigenvalue weighted by atomic mass is 10.1. The zero-order valence-corrected chi connectivity index (χ0v) is 13.7. The number of nitrogens with one attached hydrogen (secondary N) is 1. The fourth-order valence-electron chi connectivity index (χ4n) is 2.03. The number of thiophene rings is 2. The zero-order valence-electron chi connectivity index (χ0n) is 10.5. The molecule has 1 atom stereocenters. The first-order chi connectivity index (χ1) is 8.78. The molecule has 98 valence electrons. The SMILES string of the molecule is CNC(CCCc1cccs1)Cc1ccc(Br)s1. The second-order valence-corrected chi connectivity index (χ2v) is 7.95. The first kappa shape index (κ1) is 14.3. The van der Waals surface area contributed by atoms with E-state index in [4.69, 9.17) is 0 Å². The van der Waals surface area contributed by atoms with Crippen molar-refractivity contribution >= 4 is 38.6 Å². The van der Waals surface area contributed by atoms with Crippen LogP contribution in [0.5, 0.6) is 0 Å². The van der Waals surface area contributed by atoms with Gasteiger partial charge in [0.25, 0.3) is 0 Å². The predicted molar refractivity (Wildman–Crippen MR) is 85.8 cm³/mol. The molecule has 0 bridgehead atoms. The van der Waals surface area contributed by atoms with Gasteiger partial charge in [-0.3, -0.25) is 0 Å². The van der Waals surface area contributed by atoms with Gasteiger partial charge in [0.2, 0.25) is 0 Å². The molecule has 1 nitrogen and oxygen atoms in total. The molecule has 1 N–H and O–H groups in total. The molecule has 0 aromatic carbocycles. The molecule has 2 heterocycles. The topological polar surface area (TPSA) is 12.0 Å². The molecule has 0 aliphatic heterocycles. The Bertz CT molecular complexity index is 450. The van der Waals surface area contributed by atoms with E-state index in [9.17, 15) is 0 Å². The van der Waals surface area contributed by atoms with Crippen LogP contribution in [0.3, 0.4) is 0 Å². The zero-order chi connectivity index (χ0) is 12.8. The molecule has 0 saturated carbocycles. The van der Waals surface area contributed by atoms with Gasteiger partial charge >= 0.3 is 0 Å². The van der Waals surface area contributed by atoms with Gasteiger partial charge in [-0.05, 0) is 72.2 Å². The molecule has 0 radical (unpaired) electrons. The van der Waals surface area contributed by atoms with Gasteiger partial charge in [-0.2, -0.15) is 0 Å². The Labute approximate surface area is 125 Å². The molecule has 0 saturated heterocycles. The predicted octanol–water partition coefficient (Wildman–Crippen LogP) is 4.73. The summed E-state index contributed by atoms with van der Waals surface area (Å²) >= 11 is 7.23. The van der Waals surface area contributed by atoms with Gasteiger partial charge in [0, 0.05) is 15.8 Å². The molecule has 2 aromatic rings. The summed E-state index contributed by atoms with van der Waals surface area (Å²) in [4.78, 5) is 2.96. The number of aryl methyl sites for hydroxylation is 1. The third-order valence-corrected chi connectivity index (χ3v) is 5.62. The largest absolute Gasteiger partial charge is 0.317 e. The van der Waals surface area contributed by atoms with E-state index in [2.05, 4.69) is 57.9 Å². The number of halogens is 1. The molecule has 0 amide bonds. The average Bonchev–Trinajstić information content (AvgIpc) is 3.00. The van der Waals surface area contributed by atoms with E-state index in [0.717, 1.165) is 6.42 Å². The van der Waals surface area contributed by atoms with Gasteiger partial charge in [0.1, 0.15) is 0 Å². The molecule has 0 aliphatic rings. The standard InChI is InChI=1S/C14H18BrNS2/c1-16-11(10-13-7-8-14(15)18-13)4-2-5-12-6-3-9-17-12/h3,6-9,11,16H,2,4-5,10H2,1H3. The van der Waals surface area contributed by atoms with Crippen molar-refractivity contribution in [1.29, 1.82) is 0 Å². The van der Waals surface area contributed by atoms with E-state index in [0.29, 0.717) is 6.04 Å². The Kier molecular flexibility index (Phi) is 5.89. The smallest absolute Gasteiger partial charge is 0.0701 e. The summed E-state index contributed by atoms with van der Waals surface area (Å²) in [5.41, 5.74) is 0. The van der Waals surface area contributed by atoms with Crippen molar-refractivity contribution in [1.82, 2.24) is 5.32 Å². The van der Waals surface area contributed by atoms with Crippen molar-refractivity contribution < 1.29 is 0 Å². The van der Waals surface area contributed by atoms with E-state index in [1.165, 1.54) is 32.8 Å². The van der Waals surface area contributed by atoms with Gasteiger partial charge in [-0.1, -0.05) is 6.07 Å². The van der Waals surface area contributed by atoms with Crippen molar-refractivity contribution in [2.45, 2.75) is 31.7 Å². The normalized spacial score (nSPS) is 12.8. The lowest BCUT2D eigenvalue weighted by Gasteiger charge is -2.14. The molecule has 0 aliphatic carbocycles. The van der Waals surface area contributed by atoms with Crippen molar-refractivity contribution in [3.05, 3.63) is 43.2 Å². The average molecular weight is 344 g/mol. The van der Waals surface area contributed by atoms with Crippen LogP contribution in [0.15, 0.2) is 33.4 Å². The summed E-state index contributed by atoms with van der Waals surface area (Å²) < 4.78 is 1.23. The molecular weight excluding hydrogens is 326 g/mol. The van der Waals surface area contributed by atoms with Crippen LogP contribution in [-0.4, -0.2) is 13.1 Å². The molecule has 4 heteroatoms. The van der Waals surface area contributed by atoms with Crippen molar-refractivity contribution in [3.63, 3.8) is 0 Å². The summed E-state index contributed by atoms with van der Waals surface area (Å²) in [7, 11) is 2.07. The molecule has 1 unspecified atom stereocenters. The molecule has 18 heavy (non-hydrogen) atoms. The lowest BCUT2D eigenvalue weighted by Crippen LogP contribution is -2.27. The van der Waals surface area contributed by atoms with Crippen LogP contribution >= 0.6 is 38.6 Å². The minimum Gasteiger partial charge on any atom is -0.317 e. The van der Waals surface area contributed by atoms with Gasteiger partial charge in [0.15, 0.2) is 0 Å². The fourth-order valence-corrected chi connectivity index (χ4v) is 4.34. The minimum atomic E-state index is 0.593. The van der Waals surface area contributed by atoms with Crippen LogP contribution in [0.1, 0.15) is 22.6 Å². The second kappa shape index (κ2) is 7.43. The summed E-state index contributed by atoms with van der Waals surface area (Å²) in [5, 5.41) is 5.60. The number of hydrogen-bond acceptors (Lipinski definition) is 3. The highest BCUT2D eigenvalue weighted by Crippen LogP contribution is 2.24. The Morgan fingerprint density at radius 2 is 2.17 bits per heavy atom. The second-order valence-electron chi connectivity index (χ2n) is 4.37. The third kappa shape index (κ3) is 4.50. The number of hydrogen-bond donors (Lipinski definition) is 1. The first-order valence-corrected chi connectivity index (χ1v) is 8.70. The van der Waals surface area contributed by atoms with Crippen LogP contribution in [0.4, 0.5) is 0 Å². The van der Waals surface area contributed by atoms with Crippen LogP contribution < -0.4 is 5.32 Å². The Hall–Kier alpha value is -0.160. The maximum Gasteiger partial charge on any atom is 0.0701 e. The van der Waals surface area contributed by atoms with Crippen molar-refractivity contribution in [2.75, 3.05) is 7.05 Å². The minimum absolute atomic E-state index is 0.593. The summed E-state index contributed by atoms with van der Waals surface area (Å²) in [5.74, 6) is 0. The lowest BCUT2D eigenvalue weighted by molar-refractivity contribution is 0.506. The fraction of sp³-hybridized carbons (Fsp3) is 0.429. The van der Waals surface area contributed by atoms with Gasteiger partial charge in [-0.15, -0.1) is 22.7 Å². The number of likely N-dealkylation sites (N-methyl/N-ethyl adjacent to an activating group) is 1. The van der Waals surface area contributed by atoms with Gasteiger partial charge in [-0.25, -0.2) is 0 Å². The van der Waals surface area contributed by atoms with Crippen LogP contribution in [0.25, 0.3) is 0 Å². The summed E-state index contributed by atoms with van der Waals surface area (Å²) in [6, 6.07) is 9.32. The van der Waals surface area contributed by atoms with Gasteiger partial charge < -0.3 is 5.32 Å². The highest BCUT2D eigenvalue weighted by molar-refractivity contribution is 9.11. The summed E-state index contributed by atoms with van der Waals surface area (Å²) in [6.07, 6.45) is 4.85. The highest BCUT2D eigenvalue weighted by atomic mass is 79.9. The van der Waals surface area contributed by atoms with Crippen LogP contribution in [-0.2, 0) is 12.8 Å². The molecule has 2 aromatic heterocycles. The molecule has 0 spiro atoms. The van der Waals surface area contributed by atoms with E-state index < -0.39 is 0 Å². The number of rotatable bonds is 7. The highest BCUT2D eigenvalue weighted by Gasteiger charge is 2.09. The molecular formula is C14H18BrNS2. The monoisotopic (exact) mass is 343 g/mol. The van der Waals surface area contributed by atoms with E-state index in [1.54, 1.807) is 0 Å².